The van der Waals surface area contributed by atoms with Crippen LogP contribution in [0.15, 0.2) is 10.8 Å². The first-order valence-electron chi connectivity index (χ1n) is 2.58. The summed E-state index contributed by atoms with van der Waals surface area (Å²) < 4.78 is 0. The van der Waals surface area contributed by atoms with Gasteiger partial charge in [-0.25, -0.2) is 0 Å². The number of thioether (sulfide) groups is 1. The lowest BCUT2D eigenvalue weighted by atomic mass is 10.2. The van der Waals surface area contributed by atoms with E-state index in [1.165, 1.54) is 11.5 Å². The summed E-state index contributed by atoms with van der Waals surface area (Å²) in [7, 11) is 0. The van der Waals surface area contributed by atoms with Crippen LogP contribution in [0.1, 0.15) is 11.1 Å². The zero-order valence-electron chi connectivity index (χ0n) is 4.39. The van der Waals surface area contributed by atoms with Gasteiger partial charge in [-0.3, -0.25) is 0 Å². The Balaban J connectivity index is 2.54. The molecule has 1 aromatic rings. The van der Waals surface area contributed by atoms with Gasteiger partial charge in [-0.1, -0.05) is 0 Å². The van der Waals surface area contributed by atoms with Gasteiger partial charge in [0.05, 0.1) is 0 Å². The van der Waals surface area contributed by atoms with E-state index in [1.807, 2.05) is 23.1 Å². The van der Waals surface area contributed by atoms with Crippen LogP contribution in [0.25, 0.3) is 0 Å². The average molecular weight is 142 g/mol. The second-order valence-electron chi connectivity index (χ2n) is 1.92. The first-order chi connectivity index (χ1) is 3.97. The maximum atomic E-state index is 2.26. The van der Waals surface area contributed by atoms with Gasteiger partial charge in [0.25, 0.3) is 0 Å². The lowest BCUT2D eigenvalue weighted by molar-refractivity contribution is 1.42. The molecule has 0 fully saturated rings. The zero-order chi connectivity index (χ0) is 5.40. The monoisotopic (exact) mass is 142 g/mol. The number of thiophene rings is 1. The second kappa shape index (κ2) is 1.78. The Bertz CT molecular complexity index is 172. The van der Waals surface area contributed by atoms with Crippen molar-refractivity contribution in [3.8, 4) is 0 Å². The lowest BCUT2D eigenvalue weighted by Crippen LogP contribution is -1.66. The lowest BCUT2D eigenvalue weighted by Gasteiger charge is -1.77. The molecular weight excluding hydrogens is 136 g/mol. The van der Waals surface area contributed by atoms with Crippen molar-refractivity contribution in [1.82, 2.24) is 0 Å². The van der Waals surface area contributed by atoms with Crippen molar-refractivity contribution >= 4 is 23.1 Å². The first kappa shape index (κ1) is 4.89. The van der Waals surface area contributed by atoms with Crippen LogP contribution < -0.4 is 0 Å². The molecule has 0 amide bonds. The quantitative estimate of drug-likeness (QED) is 0.536. The molecule has 0 radical (unpaired) electrons. The number of fused-ring (bicyclic) bond motifs is 1. The Morgan fingerprint density at radius 2 is 1.75 bits per heavy atom. The highest BCUT2D eigenvalue weighted by molar-refractivity contribution is 7.98. The highest BCUT2D eigenvalue weighted by Gasteiger charge is 2.09. The Kier molecular flexibility index (Phi) is 1.09. The molecule has 2 heteroatoms. The summed E-state index contributed by atoms with van der Waals surface area (Å²) in [5, 5.41) is 4.52. The maximum absolute atomic E-state index is 2.26. The predicted octanol–water partition coefficient (Wildman–Crippen LogP) is 2.49. The van der Waals surface area contributed by atoms with Gasteiger partial charge in [0.1, 0.15) is 0 Å². The molecule has 0 saturated heterocycles. The summed E-state index contributed by atoms with van der Waals surface area (Å²) in [4.78, 5) is 0. The zero-order valence-corrected chi connectivity index (χ0v) is 6.02. The summed E-state index contributed by atoms with van der Waals surface area (Å²) in [5.74, 6) is 2.50. The van der Waals surface area contributed by atoms with Crippen LogP contribution in [0.5, 0.6) is 0 Å². The highest BCUT2D eigenvalue weighted by Crippen LogP contribution is 2.31. The Morgan fingerprint density at radius 1 is 1.12 bits per heavy atom. The molecule has 0 spiro atoms. The van der Waals surface area contributed by atoms with E-state index < -0.39 is 0 Å². The molecule has 2 heterocycles. The molecule has 1 aromatic heterocycles. The fourth-order valence-corrected chi connectivity index (χ4v) is 3.03. The minimum atomic E-state index is 1.25. The van der Waals surface area contributed by atoms with Crippen molar-refractivity contribution < 1.29 is 0 Å². The molecule has 0 aromatic carbocycles. The minimum absolute atomic E-state index is 1.25. The fraction of sp³-hybridized carbons (Fsp3) is 0.333. The maximum Gasteiger partial charge on any atom is 0.0199 e. The number of hydrogen-bond donors (Lipinski definition) is 0. The highest BCUT2D eigenvalue weighted by atomic mass is 32.2. The molecule has 2 rings (SSSR count). The summed E-state index contributed by atoms with van der Waals surface area (Å²) in [5.41, 5.74) is 3.14. The van der Waals surface area contributed by atoms with Gasteiger partial charge < -0.3 is 0 Å². The van der Waals surface area contributed by atoms with Crippen molar-refractivity contribution in [2.45, 2.75) is 11.5 Å². The van der Waals surface area contributed by atoms with Gasteiger partial charge in [0, 0.05) is 11.5 Å². The molecule has 1 aliphatic heterocycles. The van der Waals surface area contributed by atoms with Gasteiger partial charge in [0.15, 0.2) is 0 Å². The molecule has 42 valence electrons. The summed E-state index contributed by atoms with van der Waals surface area (Å²) in [6.07, 6.45) is 0. The van der Waals surface area contributed by atoms with E-state index >= 15 is 0 Å². The van der Waals surface area contributed by atoms with Gasteiger partial charge in [-0.15, -0.1) is 0 Å². The molecule has 0 nitrogen and oxygen atoms in total. The molecule has 0 unspecified atom stereocenters. The Morgan fingerprint density at radius 3 is 2.38 bits per heavy atom. The van der Waals surface area contributed by atoms with E-state index in [9.17, 15) is 0 Å². The van der Waals surface area contributed by atoms with Crippen molar-refractivity contribution in [1.29, 1.82) is 0 Å². The number of rotatable bonds is 0. The third-order valence-electron chi connectivity index (χ3n) is 1.35. The van der Waals surface area contributed by atoms with Gasteiger partial charge in [-0.2, -0.15) is 23.1 Å². The Hall–Kier alpha value is 0.0500. The van der Waals surface area contributed by atoms with Crippen LogP contribution in [-0.4, -0.2) is 0 Å². The van der Waals surface area contributed by atoms with Crippen LogP contribution in [0.2, 0.25) is 0 Å². The second-order valence-corrected chi connectivity index (χ2v) is 3.64. The number of hydrogen-bond acceptors (Lipinski definition) is 2. The third kappa shape index (κ3) is 0.599. The molecule has 0 bridgehead atoms. The largest absolute Gasteiger partial charge is 0.152 e. The van der Waals surface area contributed by atoms with E-state index in [0.717, 1.165) is 0 Å². The van der Waals surface area contributed by atoms with Crippen LogP contribution in [0, 0.1) is 0 Å². The molecule has 0 atom stereocenters. The molecule has 8 heavy (non-hydrogen) atoms. The van der Waals surface area contributed by atoms with Crippen molar-refractivity contribution in [2.75, 3.05) is 0 Å². The molecular formula is C6H6S2. The summed E-state index contributed by atoms with van der Waals surface area (Å²) in [6.45, 7) is 0. The van der Waals surface area contributed by atoms with E-state index in [-0.39, 0.29) is 0 Å². The van der Waals surface area contributed by atoms with E-state index in [1.54, 1.807) is 11.1 Å². The predicted molar refractivity (Wildman–Crippen MR) is 39.3 cm³/mol. The van der Waals surface area contributed by atoms with Crippen LogP contribution in [0.3, 0.4) is 0 Å². The van der Waals surface area contributed by atoms with Crippen LogP contribution in [0.4, 0.5) is 0 Å². The summed E-state index contributed by atoms with van der Waals surface area (Å²) in [6, 6.07) is 0. The van der Waals surface area contributed by atoms with Crippen molar-refractivity contribution in [2.24, 2.45) is 0 Å². The van der Waals surface area contributed by atoms with Crippen LogP contribution >= 0.6 is 23.1 Å². The Labute approximate surface area is 56.9 Å². The fourth-order valence-electron chi connectivity index (χ4n) is 0.874. The average Bonchev–Trinajstić information content (AvgIpc) is 2.15. The van der Waals surface area contributed by atoms with Crippen LogP contribution in [-0.2, 0) is 11.5 Å². The molecule has 0 aliphatic carbocycles. The standard InChI is InChI=1S/C6H6S2/c1-5-2-8-4-6(5)3-7-1/h1,3H,2,4H2. The smallest absolute Gasteiger partial charge is 0.0199 e. The summed E-state index contributed by atoms with van der Waals surface area (Å²) >= 11 is 3.84. The van der Waals surface area contributed by atoms with Crippen molar-refractivity contribution in [3.05, 3.63) is 21.9 Å². The van der Waals surface area contributed by atoms with Gasteiger partial charge >= 0.3 is 0 Å². The third-order valence-corrected chi connectivity index (χ3v) is 3.22. The molecule has 1 aliphatic rings. The molecule has 0 N–H and O–H groups in total. The topological polar surface area (TPSA) is 0 Å². The van der Waals surface area contributed by atoms with E-state index in [0.29, 0.717) is 0 Å². The normalized spacial score (nSPS) is 16.5. The molecule has 0 saturated carbocycles. The SMILES string of the molecule is c1scc2c1CSC2. The van der Waals surface area contributed by atoms with Gasteiger partial charge in [0.2, 0.25) is 0 Å². The van der Waals surface area contributed by atoms with Crippen molar-refractivity contribution in [3.63, 3.8) is 0 Å². The van der Waals surface area contributed by atoms with E-state index in [4.69, 9.17) is 0 Å². The van der Waals surface area contributed by atoms with E-state index in [2.05, 4.69) is 10.8 Å². The minimum Gasteiger partial charge on any atom is -0.152 e. The van der Waals surface area contributed by atoms with Gasteiger partial charge in [-0.05, 0) is 21.9 Å². The first-order valence-corrected chi connectivity index (χ1v) is 4.68.